The van der Waals surface area contributed by atoms with Crippen molar-refractivity contribution in [3.05, 3.63) is 29.0 Å². The molecule has 1 heterocycles. The van der Waals surface area contributed by atoms with E-state index in [1.165, 1.54) is 0 Å². The largest absolute Gasteiger partial charge is 0.326 e. The molecule has 0 saturated carbocycles. The first-order valence-electron chi connectivity index (χ1n) is 6.85. The molecule has 20 heavy (non-hydrogen) atoms. The SMILES string of the molecule is CCC(CC)(Cn1c(CCl)nc2ccc(Cl)cc21)SC. The van der Waals surface area contributed by atoms with Crippen LogP contribution in [0.3, 0.4) is 0 Å². The molecule has 2 aromatic rings. The van der Waals surface area contributed by atoms with Crippen molar-refractivity contribution in [1.82, 2.24) is 9.55 Å². The van der Waals surface area contributed by atoms with Crippen LogP contribution in [-0.4, -0.2) is 20.6 Å². The van der Waals surface area contributed by atoms with Gasteiger partial charge in [0.25, 0.3) is 0 Å². The number of halogens is 2. The van der Waals surface area contributed by atoms with E-state index in [1.54, 1.807) is 0 Å². The monoisotopic (exact) mass is 330 g/mol. The van der Waals surface area contributed by atoms with Crippen LogP contribution in [0.2, 0.25) is 5.02 Å². The Hall–Kier alpha value is -0.380. The molecule has 2 rings (SSSR count). The van der Waals surface area contributed by atoms with Crippen LogP contribution >= 0.6 is 35.0 Å². The van der Waals surface area contributed by atoms with Gasteiger partial charge in [-0.1, -0.05) is 25.4 Å². The first-order valence-corrected chi connectivity index (χ1v) is 8.98. The summed E-state index contributed by atoms with van der Waals surface area (Å²) in [5.41, 5.74) is 2.04. The standard InChI is InChI=1S/C15H20Cl2N2S/c1-4-15(5-2,20-3)10-19-13-8-11(17)6-7-12(13)18-14(19)9-16/h6-8H,4-5,9-10H2,1-3H3. The number of alkyl halides is 1. The number of fused-ring (bicyclic) bond motifs is 1. The van der Waals surface area contributed by atoms with Gasteiger partial charge in [-0.25, -0.2) is 4.98 Å². The molecule has 0 aliphatic carbocycles. The summed E-state index contributed by atoms with van der Waals surface area (Å²) in [7, 11) is 0. The maximum atomic E-state index is 6.14. The quantitative estimate of drug-likeness (QED) is 0.664. The zero-order valence-electron chi connectivity index (χ0n) is 12.1. The Kier molecular flexibility index (Phi) is 5.27. The summed E-state index contributed by atoms with van der Waals surface area (Å²) in [5.74, 6) is 1.34. The maximum absolute atomic E-state index is 6.14. The number of nitrogens with zero attached hydrogens (tertiary/aromatic N) is 2. The predicted molar refractivity (Wildman–Crippen MR) is 91.1 cm³/mol. The van der Waals surface area contributed by atoms with Crippen molar-refractivity contribution >= 4 is 46.0 Å². The molecule has 0 N–H and O–H groups in total. The first-order chi connectivity index (χ1) is 9.59. The summed E-state index contributed by atoms with van der Waals surface area (Å²) in [6, 6.07) is 5.82. The van der Waals surface area contributed by atoms with Crippen LogP contribution in [0.1, 0.15) is 32.5 Å². The van der Waals surface area contributed by atoms with Crippen LogP contribution in [-0.2, 0) is 12.4 Å². The molecule has 0 radical (unpaired) electrons. The fraction of sp³-hybridized carbons (Fsp3) is 0.533. The fourth-order valence-electron chi connectivity index (χ4n) is 2.54. The lowest BCUT2D eigenvalue weighted by molar-refractivity contribution is 0.466. The maximum Gasteiger partial charge on any atom is 0.124 e. The molecule has 0 atom stereocenters. The Morgan fingerprint density at radius 3 is 2.55 bits per heavy atom. The van der Waals surface area contributed by atoms with Crippen LogP contribution in [0, 0.1) is 0 Å². The molecule has 0 fully saturated rings. The van der Waals surface area contributed by atoms with Gasteiger partial charge in [-0.15, -0.1) is 11.6 Å². The van der Waals surface area contributed by atoms with Crippen molar-refractivity contribution in [3.63, 3.8) is 0 Å². The molecule has 0 saturated heterocycles. The van der Waals surface area contributed by atoms with Crippen LogP contribution < -0.4 is 0 Å². The van der Waals surface area contributed by atoms with Crippen molar-refractivity contribution in [2.45, 2.75) is 43.9 Å². The van der Waals surface area contributed by atoms with Gasteiger partial charge < -0.3 is 4.57 Å². The molecule has 0 aliphatic heterocycles. The molecule has 0 aliphatic rings. The number of hydrogen-bond acceptors (Lipinski definition) is 2. The van der Waals surface area contributed by atoms with Crippen molar-refractivity contribution in [3.8, 4) is 0 Å². The summed E-state index contributed by atoms with van der Waals surface area (Å²) < 4.78 is 2.45. The second-order valence-corrected chi connectivity index (χ2v) is 6.95. The average molecular weight is 331 g/mol. The molecule has 1 aromatic heterocycles. The molecule has 0 unspecified atom stereocenters. The van der Waals surface area contributed by atoms with Gasteiger partial charge in [-0.3, -0.25) is 0 Å². The van der Waals surface area contributed by atoms with E-state index >= 15 is 0 Å². The number of imidazole rings is 1. The fourth-order valence-corrected chi connectivity index (χ4v) is 3.75. The number of benzene rings is 1. The van der Waals surface area contributed by atoms with Gasteiger partial charge in [0.1, 0.15) is 5.82 Å². The van der Waals surface area contributed by atoms with E-state index in [4.69, 9.17) is 23.2 Å². The predicted octanol–water partition coefficient (Wildman–Crippen LogP) is 5.35. The minimum Gasteiger partial charge on any atom is -0.326 e. The summed E-state index contributed by atoms with van der Waals surface area (Å²) >= 11 is 14.1. The number of thioether (sulfide) groups is 1. The van der Waals surface area contributed by atoms with E-state index in [9.17, 15) is 0 Å². The molecule has 110 valence electrons. The van der Waals surface area contributed by atoms with Gasteiger partial charge in [0.05, 0.1) is 16.9 Å². The topological polar surface area (TPSA) is 17.8 Å². The third kappa shape index (κ3) is 2.95. The van der Waals surface area contributed by atoms with Crippen LogP contribution in [0.25, 0.3) is 11.0 Å². The summed E-state index contributed by atoms with van der Waals surface area (Å²) in [6.45, 7) is 5.40. The van der Waals surface area contributed by atoms with E-state index in [-0.39, 0.29) is 4.75 Å². The average Bonchev–Trinajstić information content (AvgIpc) is 2.82. The Morgan fingerprint density at radius 2 is 2.00 bits per heavy atom. The smallest absolute Gasteiger partial charge is 0.124 e. The molecular weight excluding hydrogens is 311 g/mol. The Morgan fingerprint density at radius 1 is 1.30 bits per heavy atom. The highest BCUT2D eigenvalue weighted by Gasteiger charge is 2.27. The van der Waals surface area contributed by atoms with Crippen molar-refractivity contribution in [2.75, 3.05) is 6.26 Å². The molecule has 0 amide bonds. The highest BCUT2D eigenvalue weighted by atomic mass is 35.5. The lowest BCUT2D eigenvalue weighted by atomic mass is 10.0. The van der Waals surface area contributed by atoms with E-state index in [2.05, 4.69) is 29.7 Å². The normalized spacial score (nSPS) is 12.2. The number of aromatic nitrogens is 2. The second-order valence-electron chi connectivity index (χ2n) is 4.98. The highest BCUT2D eigenvalue weighted by Crippen LogP contribution is 2.34. The molecule has 0 bridgehead atoms. The van der Waals surface area contributed by atoms with Crippen LogP contribution in [0.5, 0.6) is 0 Å². The molecular formula is C15H20Cl2N2S. The van der Waals surface area contributed by atoms with Gasteiger partial charge in [-0.2, -0.15) is 11.8 Å². The van der Waals surface area contributed by atoms with Gasteiger partial charge in [0, 0.05) is 16.3 Å². The molecule has 2 nitrogen and oxygen atoms in total. The second kappa shape index (κ2) is 6.59. The van der Waals surface area contributed by atoms with Crippen LogP contribution in [0.15, 0.2) is 18.2 Å². The van der Waals surface area contributed by atoms with Crippen LogP contribution in [0.4, 0.5) is 0 Å². The summed E-state index contributed by atoms with van der Waals surface area (Å²) in [6.07, 6.45) is 4.42. The zero-order valence-corrected chi connectivity index (χ0v) is 14.4. The van der Waals surface area contributed by atoms with Gasteiger partial charge in [0.15, 0.2) is 0 Å². The molecule has 0 spiro atoms. The van der Waals surface area contributed by atoms with E-state index in [1.807, 2.05) is 30.0 Å². The van der Waals surface area contributed by atoms with E-state index in [0.717, 1.165) is 41.3 Å². The van der Waals surface area contributed by atoms with E-state index in [0.29, 0.717) is 5.88 Å². The third-order valence-electron chi connectivity index (χ3n) is 4.08. The van der Waals surface area contributed by atoms with Gasteiger partial charge >= 0.3 is 0 Å². The summed E-state index contributed by atoms with van der Waals surface area (Å²) in [4.78, 5) is 4.62. The first kappa shape index (κ1) is 16.0. The lowest BCUT2D eigenvalue weighted by Gasteiger charge is -2.31. The zero-order chi connectivity index (χ0) is 14.8. The number of rotatable bonds is 6. The van der Waals surface area contributed by atoms with Gasteiger partial charge in [-0.05, 0) is 37.3 Å². The molecule has 1 aromatic carbocycles. The minimum absolute atomic E-state index is 0.219. The Labute approximate surface area is 134 Å². The van der Waals surface area contributed by atoms with Crippen molar-refractivity contribution < 1.29 is 0 Å². The van der Waals surface area contributed by atoms with Gasteiger partial charge in [0.2, 0.25) is 0 Å². The van der Waals surface area contributed by atoms with Crippen molar-refractivity contribution in [2.24, 2.45) is 0 Å². The number of hydrogen-bond donors (Lipinski definition) is 0. The summed E-state index contributed by atoms with van der Waals surface area (Å²) in [5, 5.41) is 0.738. The van der Waals surface area contributed by atoms with E-state index < -0.39 is 0 Å². The third-order valence-corrected chi connectivity index (χ3v) is 6.12. The highest BCUT2D eigenvalue weighted by molar-refractivity contribution is 8.00. The Balaban J connectivity index is 2.54. The van der Waals surface area contributed by atoms with Crippen molar-refractivity contribution in [1.29, 1.82) is 0 Å². The lowest BCUT2D eigenvalue weighted by Crippen LogP contribution is -2.29. The Bertz CT molecular complexity index is 583. The minimum atomic E-state index is 0.219. The molecule has 5 heteroatoms.